The highest BCUT2D eigenvalue weighted by atomic mass is 16.6. The van der Waals surface area contributed by atoms with E-state index in [1.54, 1.807) is 7.11 Å². The van der Waals surface area contributed by atoms with Crippen molar-refractivity contribution in [3.8, 4) is 0 Å². The van der Waals surface area contributed by atoms with Crippen molar-refractivity contribution >= 4 is 0 Å². The van der Waals surface area contributed by atoms with Crippen molar-refractivity contribution in [3.05, 3.63) is 23.5 Å². The fourth-order valence-electron chi connectivity index (χ4n) is 2.55. The molecule has 0 aromatic rings. The second-order valence-corrected chi connectivity index (χ2v) is 4.00. The van der Waals surface area contributed by atoms with Crippen LogP contribution in [-0.2, 0) is 9.47 Å². The molecule has 2 nitrogen and oxygen atoms in total. The maximum absolute atomic E-state index is 5.58. The van der Waals surface area contributed by atoms with Gasteiger partial charge in [-0.05, 0) is 30.9 Å². The van der Waals surface area contributed by atoms with Gasteiger partial charge in [-0.15, -0.1) is 0 Å². The summed E-state index contributed by atoms with van der Waals surface area (Å²) in [6.07, 6.45) is 9.05. The molecule has 0 aromatic heterocycles. The Morgan fingerprint density at radius 2 is 2.46 bits per heavy atom. The number of rotatable bonds is 1. The number of epoxide rings is 1. The maximum atomic E-state index is 5.58. The summed E-state index contributed by atoms with van der Waals surface area (Å²) in [5.41, 5.74) is 1.40. The van der Waals surface area contributed by atoms with Gasteiger partial charge in [0.05, 0.1) is 13.2 Å². The number of fused-ring (bicyclic) bond motifs is 3. The summed E-state index contributed by atoms with van der Waals surface area (Å²) in [7, 11) is 1.75. The zero-order chi connectivity index (χ0) is 8.84. The Bertz CT molecular complexity index is 290. The Kier molecular flexibility index (Phi) is 1.53. The Balaban J connectivity index is 1.99. The average Bonchev–Trinajstić information content (AvgIpc) is 2.95. The topological polar surface area (TPSA) is 21.8 Å². The van der Waals surface area contributed by atoms with E-state index < -0.39 is 0 Å². The molecule has 0 unspecified atom stereocenters. The number of methoxy groups -OCH3 is 1. The van der Waals surface area contributed by atoms with Gasteiger partial charge in [-0.25, -0.2) is 0 Å². The SMILES string of the molecule is COC1=C[C@@H]2O[C@@H]2[C@@H]2CCCC=C12. The largest absolute Gasteiger partial charge is 0.497 e. The van der Waals surface area contributed by atoms with E-state index in [2.05, 4.69) is 12.2 Å². The Morgan fingerprint density at radius 1 is 1.54 bits per heavy atom. The molecule has 0 bridgehead atoms. The van der Waals surface area contributed by atoms with Gasteiger partial charge in [-0.1, -0.05) is 6.08 Å². The average molecular weight is 178 g/mol. The lowest BCUT2D eigenvalue weighted by molar-refractivity contribution is 0.274. The van der Waals surface area contributed by atoms with Gasteiger partial charge in [0.25, 0.3) is 0 Å². The lowest BCUT2D eigenvalue weighted by Crippen LogP contribution is -2.22. The second kappa shape index (κ2) is 2.61. The van der Waals surface area contributed by atoms with Crippen LogP contribution < -0.4 is 0 Å². The zero-order valence-corrected chi connectivity index (χ0v) is 7.82. The van der Waals surface area contributed by atoms with Crippen LogP contribution in [0.2, 0.25) is 0 Å². The quantitative estimate of drug-likeness (QED) is 0.573. The number of hydrogen-bond donors (Lipinski definition) is 0. The summed E-state index contributed by atoms with van der Waals surface area (Å²) < 4.78 is 11.0. The molecule has 1 fully saturated rings. The van der Waals surface area contributed by atoms with Gasteiger partial charge in [0, 0.05) is 5.92 Å². The van der Waals surface area contributed by atoms with E-state index in [9.17, 15) is 0 Å². The van der Waals surface area contributed by atoms with Gasteiger partial charge in [0.1, 0.15) is 11.9 Å². The third kappa shape index (κ3) is 1.05. The van der Waals surface area contributed by atoms with Crippen LogP contribution in [0, 0.1) is 5.92 Å². The third-order valence-corrected chi connectivity index (χ3v) is 3.26. The van der Waals surface area contributed by atoms with Gasteiger partial charge < -0.3 is 9.47 Å². The first kappa shape index (κ1) is 7.63. The fraction of sp³-hybridized carbons (Fsp3) is 0.636. The number of hydrogen-bond acceptors (Lipinski definition) is 2. The predicted molar refractivity (Wildman–Crippen MR) is 49.2 cm³/mol. The molecule has 0 saturated carbocycles. The van der Waals surface area contributed by atoms with Crippen molar-refractivity contribution in [2.45, 2.75) is 31.5 Å². The highest BCUT2D eigenvalue weighted by Gasteiger charge is 2.49. The highest BCUT2D eigenvalue weighted by Crippen LogP contribution is 2.46. The van der Waals surface area contributed by atoms with Crippen molar-refractivity contribution in [1.29, 1.82) is 0 Å². The molecular formula is C11H14O2. The molecule has 13 heavy (non-hydrogen) atoms. The van der Waals surface area contributed by atoms with Gasteiger partial charge in [0.2, 0.25) is 0 Å². The molecule has 1 heterocycles. The van der Waals surface area contributed by atoms with Crippen molar-refractivity contribution in [2.75, 3.05) is 7.11 Å². The first-order chi connectivity index (χ1) is 6.40. The van der Waals surface area contributed by atoms with Crippen LogP contribution in [0.3, 0.4) is 0 Å². The third-order valence-electron chi connectivity index (χ3n) is 3.26. The van der Waals surface area contributed by atoms with E-state index in [1.807, 2.05) is 0 Å². The molecule has 1 saturated heterocycles. The number of ether oxygens (including phenoxy) is 2. The van der Waals surface area contributed by atoms with E-state index >= 15 is 0 Å². The van der Waals surface area contributed by atoms with Crippen molar-refractivity contribution in [3.63, 3.8) is 0 Å². The summed E-state index contributed by atoms with van der Waals surface area (Å²) in [6, 6.07) is 0. The molecule has 0 radical (unpaired) electrons. The van der Waals surface area contributed by atoms with E-state index in [0.717, 1.165) is 5.76 Å². The lowest BCUT2D eigenvalue weighted by Gasteiger charge is -2.26. The van der Waals surface area contributed by atoms with E-state index in [-0.39, 0.29) is 0 Å². The molecule has 1 aliphatic heterocycles. The second-order valence-electron chi connectivity index (χ2n) is 4.00. The molecule has 3 atom stereocenters. The molecule has 0 N–H and O–H groups in total. The Morgan fingerprint density at radius 3 is 3.31 bits per heavy atom. The fourth-order valence-corrected chi connectivity index (χ4v) is 2.55. The van der Waals surface area contributed by atoms with Crippen molar-refractivity contribution in [2.24, 2.45) is 5.92 Å². The standard InChI is InChI=1S/C11H14O2/c1-12-9-6-10-11(13-10)8-5-3-2-4-7(8)9/h4,6,8,10-11H,2-3,5H2,1H3/t8-,10+,11-/m1/s1. The lowest BCUT2D eigenvalue weighted by atomic mass is 9.80. The molecule has 3 aliphatic rings. The molecule has 3 rings (SSSR count). The molecule has 0 aromatic carbocycles. The maximum Gasteiger partial charge on any atom is 0.120 e. The summed E-state index contributed by atoms with van der Waals surface area (Å²) in [5.74, 6) is 1.68. The summed E-state index contributed by atoms with van der Waals surface area (Å²) in [4.78, 5) is 0. The molecule has 2 aliphatic carbocycles. The van der Waals surface area contributed by atoms with Crippen LogP contribution >= 0.6 is 0 Å². The summed E-state index contributed by atoms with van der Waals surface area (Å²) in [5, 5.41) is 0. The minimum atomic E-state index is 0.357. The van der Waals surface area contributed by atoms with Crippen molar-refractivity contribution < 1.29 is 9.47 Å². The molecule has 0 amide bonds. The smallest absolute Gasteiger partial charge is 0.120 e. The summed E-state index contributed by atoms with van der Waals surface area (Å²) >= 11 is 0. The molecular weight excluding hydrogens is 164 g/mol. The van der Waals surface area contributed by atoms with Crippen LogP contribution in [-0.4, -0.2) is 19.3 Å². The minimum Gasteiger partial charge on any atom is -0.497 e. The monoisotopic (exact) mass is 178 g/mol. The first-order valence-electron chi connectivity index (χ1n) is 5.02. The van der Waals surface area contributed by atoms with Gasteiger partial charge >= 0.3 is 0 Å². The predicted octanol–water partition coefficient (Wildman–Crippen LogP) is 2.02. The first-order valence-corrected chi connectivity index (χ1v) is 5.02. The normalized spacial score (nSPS) is 41.2. The van der Waals surface area contributed by atoms with Gasteiger partial charge in [-0.3, -0.25) is 0 Å². The van der Waals surface area contributed by atoms with Crippen LogP contribution in [0.4, 0.5) is 0 Å². The Hall–Kier alpha value is -0.760. The van der Waals surface area contributed by atoms with Gasteiger partial charge in [-0.2, -0.15) is 0 Å². The Labute approximate surface area is 78.2 Å². The van der Waals surface area contributed by atoms with E-state index in [4.69, 9.17) is 9.47 Å². The van der Waals surface area contributed by atoms with E-state index in [1.165, 1.54) is 24.8 Å². The molecule has 0 spiro atoms. The van der Waals surface area contributed by atoms with Crippen LogP contribution in [0.25, 0.3) is 0 Å². The number of allylic oxidation sites excluding steroid dienone is 2. The molecule has 2 heteroatoms. The highest BCUT2D eigenvalue weighted by molar-refractivity contribution is 5.38. The van der Waals surface area contributed by atoms with Crippen molar-refractivity contribution in [1.82, 2.24) is 0 Å². The van der Waals surface area contributed by atoms with Gasteiger partial charge in [0.15, 0.2) is 0 Å². The summed E-state index contributed by atoms with van der Waals surface area (Å²) in [6.45, 7) is 0. The zero-order valence-electron chi connectivity index (χ0n) is 7.82. The van der Waals surface area contributed by atoms with Crippen LogP contribution in [0.5, 0.6) is 0 Å². The van der Waals surface area contributed by atoms with Crippen LogP contribution in [0.1, 0.15) is 19.3 Å². The van der Waals surface area contributed by atoms with Crippen LogP contribution in [0.15, 0.2) is 23.5 Å². The minimum absolute atomic E-state index is 0.357. The molecule has 70 valence electrons. The van der Waals surface area contributed by atoms with E-state index in [0.29, 0.717) is 18.1 Å².